The molecule has 2 aromatic heterocycles. The third-order valence-electron chi connectivity index (χ3n) is 3.19. The summed E-state index contributed by atoms with van der Waals surface area (Å²) in [4.78, 5) is 4.96. The molecule has 0 bridgehead atoms. The zero-order valence-electron chi connectivity index (χ0n) is 12.3. The van der Waals surface area contributed by atoms with Gasteiger partial charge in [-0.1, -0.05) is 11.3 Å². The second-order valence-corrected chi connectivity index (χ2v) is 6.35. The maximum Gasteiger partial charge on any atom is 0.212 e. The third-order valence-corrected chi connectivity index (χ3v) is 4.56. The van der Waals surface area contributed by atoms with Crippen molar-refractivity contribution in [3.8, 4) is 11.6 Å². The topological polar surface area (TPSA) is 59.9 Å². The molecule has 0 saturated heterocycles. The van der Waals surface area contributed by atoms with Crippen LogP contribution in [0, 0.1) is 3.95 Å². The number of methoxy groups -OCH3 is 1. The molecule has 118 valence electrons. The fraction of sp³-hybridized carbons (Fsp3) is 0.125. The van der Waals surface area contributed by atoms with Crippen LogP contribution in [0.3, 0.4) is 0 Å². The maximum atomic E-state index is 10.3. The molecular weight excluding hydrogens is 332 g/mol. The third kappa shape index (κ3) is 3.52. The molecule has 23 heavy (non-hydrogen) atoms. The van der Waals surface area contributed by atoms with Gasteiger partial charge in [-0.15, -0.1) is 0 Å². The van der Waals surface area contributed by atoms with Crippen molar-refractivity contribution in [2.24, 2.45) is 4.99 Å². The molecule has 1 N–H and O–H groups in total. The van der Waals surface area contributed by atoms with Crippen molar-refractivity contribution < 1.29 is 14.3 Å². The number of ether oxygens (including phenoxy) is 1. The monoisotopic (exact) mass is 346 g/mol. The highest BCUT2D eigenvalue weighted by atomic mass is 32.1. The van der Waals surface area contributed by atoms with Crippen LogP contribution in [-0.4, -0.2) is 23.0 Å². The van der Waals surface area contributed by atoms with E-state index < -0.39 is 0 Å². The van der Waals surface area contributed by atoms with E-state index in [1.807, 2.05) is 30.3 Å². The van der Waals surface area contributed by atoms with E-state index in [0.717, 1.165) is 17.2 Å². The highest BCUT2D eigenvalue weighted by Gasteiger charge is 2.11. The summed E-state index contributed by atoms with van der Waals surface area (Å²) >= 11 is 6.60. The summed E-state index contributed by atoms with van der Waals surface area (Å²) in [5.41, 5.74) is 0.766. The van der Waals surface area contributed by atoms with E-state index in [1.165, 1.54) is 11.3 Å². The molecule has 1 aromatic carbocycles. The van der Waals surface area contributed by atoms with Gasteiger partial charge in [0.1, 0.15) is 16.4 Å². The summed E-state index contributed by atoms with van der Waals surface area (Å²) in [5.74, 6) is 1.59. The van der Waals surface area contributed by atoms with Crippen LogP contribution in [0.15, 0.2) is 52.1 Å². The van der Waals surface area contributed by atoms with Gasteiger partial charge in [0.15, 0.2) is 3.95 Å². The van der Waals surface area contributed by atoms with Crippen molar-refractivity contribution in [2.45, 2.75) is 6.54 Å². The molecule has 7 heteroatoms. The fourth-order valence-electron chi connectivity index (χ4n) is 2.00. The number of hydrogen-bond acceptors (Lipinski definition) is 6. The van der Waals surface area contributed by atoms with E-state index in [4.69, 9.17) is 21.4 Å². The lowest BCUT2D eigenvalue weighted by molar-refractivity contribution is 0.407. The molecule has 5 nitrogen and oxygen atoms in total. The Morgan fingerprint density at radius 2 is 2.13 bits per heavy atom. The standard InChI is InChI=1S/C16H14N2O3S2/c1-20-12-6-4-11(5-7-12)17-9-14-15(19)18(16(22)23-14)10-13-3-2-8-21-13/h2-9,19H,10H2,1H3. The van der Waals surface area contributed by atoms with Crippen LogP contribution in [0.5, 0.6) is 11.6 Å². The molecule has 3 rings (SSSR count). The molecule has 0 amide bonds. The van der Waals surface area contributed by atoms with Crippen LogP contribution in [0.25, 0.3) is 0 Å². The van der Waals surface area contributed by atoms with Gasteiger partial charge in [-0.2, -0.15) is 0 Å². The Bertz CT molecular complexity index is 862. The smallest absolute Gasteiger partial charge is 0.212 e. The molecule has 3 aromatic rings. The fourth-order valence-corrected chi connectivity index (χ4v) is 3.17. The molecular formula is C16H14N2O3S2. The van der Waals surface area contributed by atoms with Gasteiger partial charge in [-0.25, -0.2) is 0 Å². The highest BCUT2D eigenvalue weighted by Crippen LogP contribution is 2.26. The van der Waals surface area contributed by atoms with Gasteiger partial charge < -0.3 is 14.3 Å². The SMILES string of the molecule is COc1ccc(N=Cc2sc(=S)n(Cc3ccco3)c2O)cc1. The normalized spacial score (nSPS) is 11.2. The lowest BCUT2D eigenvalue weighted by Crippen LogP contribution is -1.97. The Hall–Kier alpha value is -2.38. The zero-order chi connectivity index (χ0) is 16.2. The van der Waals surface area contributed by atoms with E-state index in [0.29, 0.717) is 15.4 Å². The van der Waals surface area contributed by atoms with Gasteiger partial charge in [0.05, 0.1) is 31.8 Å². The molecule has 2 heterocycles. The van der Waals surface area contributed by atoms with Crippen molar-refractivity contribution in [1.29, 1.82) is 0 Å². The van der Waals surface area contributed by atoms with Crippen LogP contribution < -0.4 is 4.74 Å². The Kier molecular flexibility index (Phi) is 4.59. The Labute approximate surface area is 142 Å². The van der Waals surface area contributed by atoms with E-state index in [9.17, 15) is 5.11 Å². The number of aromatic hydroxyl groups is 1. The molecule has 0 radical (unpaired) electrons. The van der Waals surface area contributed by atoms with Gasteiger partial charge in [-0.3, -0.25) is 9.56 Å². The first kappa shape index (κ1) is 15.5. The Morgan fingerprint density at radius 1 is 1.35 bits per heavy atom. The van der Waals surface area contributed by atoms with Crippen LogP contribution in [0.4, 0.5) is 5.69 Å². The summed E-state index contributed by atoms with van der Waals surface area (Å²) in [6.07, 6.45) is 3.20. The van der Waals surface area contributed by atoms with Gasteiger partial charge in [0.2, 0.25) is 5.88 Å². The number of benzene rings is 1. The number of furan rings is 1. The summed E-state index contributed by atoms with van der Waals surface area (Å²) in [7, 11) is 1.62. The van der Waals surface area contributed by atoms with E-state index in [-0.39, 0.29) is 5.88 Å². The number of hydrogen-bond donors (Lipinski definition) is 1. The summed E-state index contributed by atoms with van der Waals surface area (Å²) in [5, 5.41) is 10.3. The lowest BCUT2D eigenvalue weighted by Gasteiger charge is -2.01. The second-order valence-electron chi connectivity index (χ2n) is 4.68. The molecule has 0 aliphatic rings. The van der Waals surface area contributed by atoms with Crippen molar-refractivity contribution in [1.82, 2.24) is 4.57 Å². The van der Waals surface area contributed by atoms with Crippen molar-refractivity contribution in [3.63, 3.8) is 0 Å². The summed E-state index contributed by atoms with van der Waals surface area (Å²) in [6.45, 7) is 0.393. The minimum atomic E-state index is 0.0914. The molecule has 0 unspecified atom stereocenters. The number of rotatable bonds is 5. The van der Waals surface area contributed by atoms with Crippen LogP contribution in [0.1, 0.15) is 10.6 Å². The number of thiazole rings is 1. The van der Waals surface area contributed by atoms with E-state index in [2.05, 4.69) is 4.99 Å². The molecule has 0 aliphatic carbocycles. The van der Waals surface area contributed by atoms with E-state index >= 15 is 0 Å². The van der Waals surface area contributed by atoms with Gasteiger partial charge in [0, 0.05) is 0 Å². The van der Waals surface area contributed by atoms with E-state index in [1.54, 1.807) is 30.2 Å². The lowest BCUT2D eigenvalue weighted by atomic mass is 10.3. The summed E-state index contributed by atoms with van der Waals surface area (Å²) < 4.78 is 12.6. The van der Waals surface area contributed by atoms with Crippen molar-refractivity contribution in [3.05, 3.63) is 57.3 Å². The van der Waals surface area contributed by atoms with Crippen LogP contribution >= 0.6 is 23.6 Å². The first-order valence-electron chi connectivity index (χ1n) is 6.80. The second kappa shape index (κ2) is 6.80. The molecule has 0 spiro atoms. The molecule has 0 saturated carbocycles. The number of aromatic nitrogens is 1. The van der Waals surface area contributed by atoms with Crippen molar-refractivity contribution in [2.75, 3.05) is 7.11 Å². The van der Waals surface area contributed by atoms with Gasteiger partial charge in [0.25, 0.3) is 0 Å². The average Bonchev–Trinajstić information content (AvgIpc) is 3.17. The largest absolute Gasteiger partial charge is 0.497 e. The van der Waals surface area contributed by atoms with Crippen LogP contribution in [-0.2, 0) is 6.54 Å². The molecule has 0 aliphatic heterocycles. The minimum absolute atomic E-state index is 0.0914. The van der Waals surface area contributed by atoms with Crippen LogP contribution in [0.2, 0.25) is 0 Å². The Morgan fingerprint density at radius 3 is 2.78 bits per heavy atom. The predicted molar refractivity (Wildman–Crippen MR) is 92.9 cm³/mol. The molecule has 0 fully saturated rings. The maximum absolute atomic E-state index is 10.3. The predicted octanol–water partition coefficient (Wildman–Crippen LogP) is 4.39. The van der Waals surface area contributed by atoms with Gasteiger partial charge >= 0.3 is 0 Å². The Balaban J connectivity index is 1.82. The minimum Gasteiger partial charge on any atom is -0.497 e. The highest BCUT2D eigenvalue weighted by molar-refractivity contribution is 7.73. The first-order chi connectivity index (χ1) is 11.2. The number of aliphatic imine (C=N–C) groups is 1. The number of nitrogens with zero attached hydrogens (tertiary/aromatic N) is 2. The first-order valence-corrected chi connectivity index (χ1v) is 8.03. The average molecular weight is 346 g/mol. The zero-order valence-corrected chi connectivity index (χ0v) is 13.9. The van der Waals surface area contributed by atoms with Gasteiger partial charge in [-0.05, 0) is 48.6 Å². The molecule has 0 atom stereocenters. The quantitative estimate of drug-likeness (QED) is 0.550. The van der Waals surface area contributed by atoms with Crippen molar-refractivity contribution >= 4 is 35.5 Å². The summed E-state index contributed by atoms with van der Waals surface area (Å²) in [6, 6.07) is 11.0.